The van der Waals surface area contributed by atoms with Crippen LogP contribution >= 0.6 is 15.9 Å². The lowest BCUT2D eigenvalue weighted by molar-refractivity contribution is 0.0950. The minimum atomic E-state index is -0.349. The monoisotopic (exact) mass is 356 g/mol. The van der Waals surface area contributed by atoms with E-state index in [0.29, 0.717) is 16.6 Å². The van der Waals surface area contributed by atoms with E-state index in [9.17, 15) is 9.18 Å². The van der Waals surface area contributed by atoms with Crippen LogP contribution in [0.15, 0.2) is 22.7 Å². The number of likely N-dealkylation sites (tertiary alicyclic amines) is 1. The highest BCUT2D eigenvalue weighted by Gasteiger charge is 2.15. The number of hydrogen-bond acceptors (Lipinski definition) is 2. The zero-order chi connectivity index (χ0) is 15.2. The molecule has 1 saturated heterocycles. The Morgan fingerprint density at radius 2 is 2.14 bits per heavy atom. The molecule has 1 aliphatic heterocycles. The molecule has 1 aliphatic rings. The lowest BCUT2D eigenvalue weighted by Gasteiger charge is -2.30. The number of nitrogens with zero attached hydrogens (tertiary/aromatic N) is 1. The molecule has 0 aliphatic carbocycles. The molecule has 3 nitrogen and oxygen atoms in total. The van der Waals surface area contributed by atoms with Gasteiger partial charge in [-0.1, -0.05) is 6.92 Å². The average Bonchev–Trinajstić information content (AvgIpc) is 2.45. The third-order valence-electron chi connectivity index (χ3n) is 3.99. The van der Waals surface area contributed by atoms with Crippen molar-refractivity contribution in [2.24, 2.45) is 5.92 Å². The Morgan fingerprint density at radius 1 is 1.43 bits per heavy atom. The number of halogens is 2. The second-order valence-electron chi connectivity index (χ2n) is 5.76. The van der Waals surface area contributed by atoms with E-state index in [1.165, 1.54) is 44.1 Å². The Morgan fingerprint density at radius 3 is 2.81 bits per heavy atom. The summed E-state index contributed by atoms with van der Waals surface area (Å²) in [4.78, 5) is 14.5. The van der Waals surface area contributed by atoms with Gasteiger partial charge in [0.15, 0.2) is 0 Å². The van der Waals surface area contributed by atoms with Crippen molar-refractivity contribution < 1.29 is 9.18 Å². The van der Waals surface area contributed by atoms with Crippen LogP contribution in [0, 0.1) is 11.7 Å². The van der Waals surface area contributed by atoms with Gasteiger partial charge in [-0.05, 0) is 78.9 Å². The van der Waals surface area contributed by atoms with Crippen molar-refractivity contribution in [2.75, 3.05) is 26.2 Å². The highest BCUT2D eigenvalue weighted by molar-refractivity contribution is 9.10. The number of carbonyl (C=O) groups is 1. The van der Waals surface area contributed by atoms with Gasteiger partial charge in [-0.2, -0.15) is 0 Å². The van der Waals surface area contributed by atoms with E-state index >= 15 is 0 Å². The number of carbonyl (C=O) groups excluding carboxylic acids is 1. The number of piperidine rings is 1. The van der Waals surface area contributed by atoms with E-state index in [0.717, 1.165) is 18.9 Å². The van der Waals surface area contributed by atoms with Crippen molar-refractivity contribution in [1.82, 2.24) is 10.2 Å². The molecule has 116 valence electrons. The standard InChI is InChI=1S/C16H22BrFN2O/c1-12-5-9-20(10-6-12)8-2-7-19-16(21)14-4-3-13(18)11-15(14)17/h3-4,11-12H,2,5-10H2,1H3,(H,19,21). The van der Waals surface area contributed by atoms with Gasteiger partial charge in [0.05, 0.1) is 5.56 Å². The summed E-state index contributed by atoms with van der Waals surface area (Å²) in [5.74, 6) is 0.337. The number of amides is 1. The Bertz CT molecular complexity index is 487. The molecule has 0 saturated carbocycles. The number of hydrogen-bond donors (Lipinski definition) is 1. The molecule has 2 rings (SSSR count). The van der Waals surface area contributed by atoms with Crippen LogP contribution in [0.2, 0.25) is 0 Å². The number of nitrogens with one attached hydrogen (secondary N) is 1. The van der Waals surface area contributed by atoms with Gasteiger partial charge in [0, 0.05) is 11.0 Å². The normalized spacial score (nSPS) is 16.9. The summed E-state index contributed by atoms with van der Waals surface area (Å²) >= 11 is 3.22. The van der Waals surface area contributed by atoms with Crippen molar-refractivity contribution in [2.45, 2.75) is 26.2 Å². The minimum absolute atomic E-state index is 0.158. The summed E-state index contributed by atoms with van der Waals surface area (Å²) in [6, 6.07) is 4.11. The van der Waals surface area contributed by atoms with Gasteiger partial charge in [-0.15, -0.1) is 0 Å². The van der Waals surface area contributed by atoms with Crippen LogP contribution in [-0.4, -0.2) is 37.0 Å². The van der Waals surface area contributed by atoms with E-state index in [1.54, 1.807) is 0 Å². The van der Waals surface area contributed by atoms with Gasteiger partial charge in [0.2, 0.25) is 0 Å². The number of benzene rings is 1. The predicted octanol–water partition coefficient (Wildman–Crippen LogP) is 3.44. The summed E-state index contributed by atoms with van der Waals surface area (Å²) in [7, 11) is 0. The van der Waals surface area contributed by atoms with E-state index in [1.807, 2.05) is 0 Å². The molecular weight excluding hydrogens is 335 g/mol. The van der Waals surface area contributed by atoms with Gasteiger partial charge < -0.3 is 10.2 Å². The van der Waals surface area contributed by atoms with E-state index < -0.39 is 0 Å². The second kappa shape index (κ2) is 7.90. The van der Waals surface area contributed by atoms with Gasteiger partial charge in [-0.3, -0.25) is 4.79 Å². The SMILES string of the molecule is CC1CCN(CCCNC(=O)c2ccc(F)cc2Br)CC1. The Kier molecular flexibility index (Phi) is 6.18. The van der Waals surface area contributed by atoms with Crippen molar-refractivity contribution in [3.05, 3.63) is 34.1 Å². The van der Waals surface area contributed by atoms with Crippen LogP contribution in [0.3, 0.4) is 0 Å². The highest BCUT2D eigenvalue weighted by Crippen LogP contribution is 2.18. The fraction of sp³-hybridized carbons (Fsp3) is 0.562. The van der Waals surface area contributed by atoms with Crippen LogP contribution in [0.1, 0.15) is 36.5 Å². The molecule has 1 aromatic carbocycles. The topological polar surface area (TPSA) is 32.3 Å². The first-order chi connectivity index (χ1) is 10.1. The first kappa shape index (κ1) is 16.4. The summed E-state index contributed by atoms with van der Waals surface area (Å²) in [6.07, 6.45) is 3.49. The molecule has 0 atom stereocenters. The average molecular weight is 357 g/mol. The molecular formula is C16H22BrFN2O. The first-order valence-electron chi connectivity index (χ1n) is 7.52. The van der Waals surface area contributed by atoms with Gasteiger partial charge in [-0.25, -0.2) is 4.39 Å². The van der Waals surface area contributed by atoms with Crippen molar-refractivity contribution in [3.63, 3.8) is 0 Å². The lowest BCUT2D eigenvalue weighted by atomic mass is 9.99. The quantitative estimate of drug-likeness (QED) is 0.819. The zero-order valence-corrected chi connectivity index (χ0v) is 14.0. The summed E-state index contributed by atoms with van der Waals surface area (Å²) in [5, 5.41) is 2.89. The van der Waals surface area contributed by atoms with Crippen LogP contribution in [0.5, 0.6) is 0 Å². The molecule has 1 heterocycles. The molecule has 1 aromatic rings. The molecule has 0 unspecified atom stereocenters. The fourth-order valence-electron chi connectivity index (χ4n) is 2.56. The van der Waals surface area contributed by atoms with Crippen molar-refractivity contribution in [3.8, 4) is 0 Å². The van der Waals surface area contributed by atoms with Crippen LogP contribution in [-0.2, 0) is 0 Å². The molecule has 0 bridgehead atoms. The predicted molar refractivity (Wildman–Crippen MR) is 85.9 cm³/mol. The van der Waals surface area contributed by atoms with Crippen molar-refractivity contribution in [1.29, 1.82) is 0 Å². The molecule has 0 radical (unpaired) electrons. The molecule has 1 amide bonds. The molecule has 21 heavy (non-hydrogen) atoms. The molecule has 5 heteroatoms. The smallest absolute Gasteiger partial charge is 0.252 e. The fourth-order valence-corrected chi connectivity index (χ4v) is 3.09. The third kappa shape index (κ3) is 5.08. The molecule has 0 aromatic heterocycles. The summed E-state index contributed by atoms with van der Waals surface area (Å²) in [6.45, 7) is 6.31. The highest BCUT2D eigenvalue weighted by atomic mass is 79.9. The largest absolute Gasteiger partial charge is 0.352 e. The lowest BCUT2D eigenvalue weighted by Crippen LogP contribution is -2.35. The Balaban J connectivity index is 1.69. The summed E-state index contributed by atoms with van der Waals surface area (Å²) < 4.78 is 13.5. The number of rotatable bonds is 5. The maximum Gasteiger partial charge on any atom is 0.252 e. The minimum Gasteiger partial charge on any atom is -0.352 e. The van der Waals surface area contributed by atoms with Crippen molar-refractivity contribution >= 4 is 21.8 Å². The Labute approximate surface area is 134 Å². The molecule has 1 N–H and O–H groups in total. The van der Waals surface area contributed by atoms with Crippen LogP contribution in [0.4, 0.5) is 4.39 Å². The van der Waals surface area contributed by atoms with E-state index in [-0.39, 0.29) is 11.7 Å². The maximum absolute atomic E-state index is 13.0. The second-order valence-corrected chi connectivity index (χ2v) is 6.61. The molecule has 0 spiro atoms. The van der Waals surface area contributed by atoms with E-state index in [2.05, 4.69) is 33.1 Å². The zero-order valence-electron chi connectivity index (χ0n) is 12.4. The van der Waals surface area contributed by atoms with Crippen LogP contribution < -0.4 is 5.32 Å². The Hall–Kier alpha value is -0.940. The van der Waals surface area contributed by atoms with Gasteiger partial charge in [0.1, 0.15) is 5.82 Å². The van der Waals surface area contributed by atoms with E-state index in [4.69, 9.17) is 0 Å². The van der Waals surface area contributed by atoms with Gasteiger partial charge in [0.25, 0.3) is 5.91 Å². The summed E-state index contributed by atoms with van der Waals surface area (Å²) in [5.41, 5.74) is 0.475. The van der Waals surface area contributed by atoms with Crippen LogP contribution in [0.25, 0.3) is 0 Å². The first-order valence-corrected chi connectivity index (χ1v) is 8.31. The molecule has 1 fully saturated rings. The van der Waals surface area contributed by atoms with Gasteiger partial charge >= 0.3 is 0 Å². The maximum atomic E-state index is 13.0. The third-order valence-corrected chi connectivity index (χ3v) is 4.64.